The van der Waals surface area contributed by atoms with E-state index in [9.17, 15) is 13.6 Å². The second kappa shape index (κ2) is 6.01. The molecular formula is C15H11F2N3O. The fraction of sp³-hybridized carbons (Fsp3) is 0.0667. The molecule has 0 aliphatic heterocycles. The highest BCUT2D eigenvalue weighted by molar-refractivity contribution is 5.94. The number of rotatable bonds is 4. The number of nitriles is 1. The summed E-state index contributed by atoms with van der Waals surface area (Å²) in [6, 6.07) is 10.4. The topological polar surface area (TPSA) is 78.9 Å². The lowest BCUT2D eigenvalue weighted by atomic mass is 10.1. The average molecular weight is 287 g/mol. The van der Waals surface area contributed by atoms with E-state index in [0.29, 0.717) is 11.6 Å². The van der Waals surface area contributed by atoms with Crippen LogP contribution in [0.1, 0.15) is 21.5 Å². The van der Waals surface area contributed by atoms with Gasteiger partial charge in [-0.1, -0.05) is 12.1 Å². The highest BCUT2D eigenvalue weighted by Gasteiger charge is 2.13. The minimum absolute atomic E-state index is 0.0347. The van der Waals surface area contributed by atoms with Crippen LogP contribution in [0.3, 0.4) is 0 Å². The van der Waals surface area contributed by atoms with Gasteiger partial charge in [0.1, 0.15) is 11.6 Å². The third-order valence-corrected chi connectivity index (χ3v) is 2.86. The molecule has 2 aromatic carbocycles. The Morgan fingerprint density at radius 2 is 2.00 bits per heavy atom. The molecule has 3 N–H and O–H groups in total. The van der Waals surface area contributed by atoms with Crippen molar-refractivity contribution in [3.63, 3.8) is 0 Å². The van der Waals surface area contributed by atoms with Crippen LogP contribution in [-0.4, -0.2) is 5.91 Å². The number of benzene rings is 2. The molecule has 0 saturated heterocycles. The third-order valence-electron chi connectivity index (χ3n) is 2.86. The molecule has 0 saturated carbocycles. The summed E-state index contributed by atoms with van der Waals surface area (Å²) in [6.07, 6.45) is 0. The molecule has 0 unspecified atom stereocenters. The van der Waals surface area contributed by atoms with Gasteiger partial charge in [0.25, 0.3) is 5.91 Å². The molecule has 0 fully saturated rings. The van der Waals surface area contributed by atoms with Crippen molar-refractivity contribution in [2.45, 2.75) is 6.54 Å². The number of hydrogen-bond donors (Lipinski definition) is 2. The molecular weight excluding hydrogens is 276 g/mol. The van der Waals surface area contributed by atoms with Crippen LogP contribution in [0, 0.1) is 23.0 Å². The van der Waals surface area contributed by atoms with Gasteiger partial charge in [0.05, 0.1) is 22.9 Å². The molecule has 2 aromatic rings. The maximum atomic E-state index is 13.6. The molecule has 0 aliphatic carbocycles. The molecule has 0 aliphatic rings. The van der Waals surface area contributed by atoms with Crippen LogP contribution in [0.5, 0.6) is 0 Å². The fourth-order valence-electron chi connectivity index (χ4n) is 1.82. The van der Waals surface area contributed by atoms with Gasteiger partial charge in [0, 0.05) is 12.6 Å². The minimum atomic E-state index is -1.00. The van der Waals surface area contributed by atoms with Crippen molar-refractivity contribution in [2.24, 2.45) is 5.73 Å². The number of carbonyl (C=O) groups excluding carboxylic acids is 1. The van der Waals surface area contributed by atoms with Gasteiger partial charge in [-0.05, 0) is 23.8 Å². The van der Waals surface area contributed by atoms with Crippen molar-refractivity contribution in [1.29, 1.82) is 5.26 Å². The van der Waals surface area contributed by atoms with E-state index in [1.54, 1.807) is 24.3 Å². The van der Waals surface area contributed by atoms with Gasteiger partial charge < -0.3 is 11.1 Å². The molecule has 0 spiro atoms. The summed E-state index contributed by atoms with van der Waals surface area (Å²) in [7, 11) is 0. The van der Waals surface area contributed by atoms with E-state index in [0.717, 1.165) is 11.6 Å². The van der Waals surface area contributed by atoms with Crippen LogP contribution >= 0.6 is 0 Å². The molecule has 1 amide bonds. The number of nitrogens with one attached hydrogen (secondary N) is 1. The van der Waals surface area contributed by atoms with E-state index in [4.69, 9.17) is 11.0 Å². The van der Waals surface area contributed by atoms with Crippen LogP contribution in [0.15, 0.2) is 36.4 Å². The van der Waals surface area contributed by atoms with E-state index < -0.39 is 17.5 Å². The smallest absolute Gasteiger partial charge is 0.251 e. The number of halogens is 2. The molecule has 0 heterocycles. The summed E-state index contributed by atoms with van der Waals surface area (Å²) in [6.45, 7) is 0.219. The van der Waals surface area contributed by atoms with Crippen LogP contribution in [0.4, 0.5) is 14.5 Å². The molecule has 6 heteroatoms. The number of carbonyl (C=O) groups is 1. The van der Waals surface area contributed by atoms with Gasteiger partial charge in [0.15, 0.2) is 0 Å². The molecule has 4 nitrogen and oxygen atoms in total. The Labute approximate surface area is 119 Å². The fourth-order valence-corrected chi connectivity index (χ4v) is 1.82. The zero-order valence-corrected chi connectivity index (χ0v) is 10.9. The predicted molar refractivity (Wildman–Crippen MR) is 73.4 cm³/mol. The van der Waals surface area contributed by atoms with Crippen molar-refractivity contribution in [3.8, 4) is 6.07 Å². The van der Waals surface area contributed by atoms with Crippen molar-refractivity contribution in [1.82, 2.24) is 0 Å². The normalized spacial score (nSPS) is 9.95. The molecule has 21 heavy (non-hydrogen) atoms. The number of nitrogens with zero attached hydrogens (tertiary/aromatic N) is 1. The maximum Gasteiger partial charge on any atom is 0.251 e. The second-order valence-corrected chi connectivity index (χ2v) is 4.34. The number of nitrogens with two attached hydrogens (primary N) is 1. The Morgan fingerprint density at radius 3 is 2.67 bits per heavy atom. The van der Waals surface area contributed by atoms with Gasteiger partial charge in [-0.2, -0.15) is 5.26 Å². The largest absolute Gasteiger partial charge is 0.379 e. The first kappa shape index (κ1) is 14.5. The zero-order valence-electron chi connectivity index (χ0n) is 10.9. The first-order valence-corrected chi connectivity index (χ1v) is 6.03. The number of hydrogen-bond acceptors (Lipinski definition) is 3. The molecule has 0 bridgehead atoms. The first-order valence-electron chi connectivity index (χ1n) is 6.03. The Balaban J connectivity index is 2.22. The summed E-state index contributed by atoms with van der Waals surface area (Å²) < 4.78 is 27.0. The highest BCUT2D eigenvalue weighted by atomic mass is 19.1. The van der Waals surface area contributed by atoms with E-state index in [1.807, 2.05) is 6.07 Å². The van der Waals surface area contributed by atoms with Crippen LogP contribution in [0.2, 0.25) is 0 Å². The zero-order chi connectivity index (χ0) is 15.4. The SMILES string of the molecule is N#Cc1cccc(CNc2cc(C(N)=O)c(F)cc2F)c1. The van der Waals surface area contributed by atoms with Crippen LogP contribution < -0.4 is 11.1 Å². The summed E-state index contributed by atoms with van der Waals surface area (Å²) in [4.78, 5) is 11.0. The van der Waals surface area contributed by atoms with Gasteiger partial charge in [-0.3, -0.25) is 4.79 Å². The summed E-state index contributed by atoms with van der Waals surface area (Å²) >= 11 is 0. The summed E-state index contributed by atoms with van der Waals surface area (Å²) in [5.41, 5.74) is 5.82. The minimum Gasteiger partial charge on any atom is -0.379 e. The van der Waals surface area contributed by atoms with E-state index >= 15 is 0 Å². The number of primary amides is 1. The lowest BCUT2D eigenvalue weighted by molar-refractivity contribution is 0.0996. The Bertz CT molecular complexity index is 738. The van der Waals surface area contributed by atoms with Crippen LogP contribution in [-0.2, 0) is 6.54 Å². The Morgan fingerprint density at radius 1 is 1.24 bits per heavy atom. The van der Waals surface area contributed by atoms with E-state index in [2.05, 4.69) is 5.32 Å². The van der Waals surface area contributed by atoms with Crippen molar-refractivity contribution in [3.05, 3.63) is 64.7 Å². The van der Waals surface area contributed by atoms with Crippen molar-refractivity contribution in [2.75, 3.05) is 5.32 Å². The first-order chi connectivity index (χ1) is 10.0. The van der Waals surface area contributed by atoms with Crippen molar-refractivity contribution >= 4 is 11.6 Å². The third kappa shape index (κ3) is 3.34. The number of anilines is 1. The van der Waals surface area contributed by atoms with Crippen LogP contribution in [0.25, 0.3) is 0 Å². The summed E-state index contributed by atoms with van der Waals surface area (Å²) in [5, 5.41) is 11.5. The Hall–Kier alpha value is -2.94. The number of amides is 1. The quantitative estimate of drug-likeness (QED) is 0.907. The van der Waals surface area contributed by atoms with Gasteiger partial charge in [-0.25, -0.2) is 8.78 Å². The van der Waals surface area contributed by atoms with Gasteiger partial charge in [-0.15, -0.1) is 0 Å². The summed E-state index contributed by atoms with van der Waals surface area (Å²) in [5.74, 6) is -2.80. The second-order valence-electron chi connectivity index (χ2n) is 4.34. The Kier molecular flexibility index (Phi) is 4.14. The monoisotopic (exact) mass is 287 g/mol. The lowest BCUT2D eigenvalue weighted by Crippen LogP contribution is -2.14. The molecule has 2 rings (SSSR count). The highest BCUT2D eigenvalue weighted by Crippen LogP contribution is 2.20. The van der Waals surface area contributed by atoms with Gasteiger partial charge in [0.2, 0.25) is 0 Å². The molecule has 106 valence electrons. The van der Waals surface area contributed by atoms with Gasteiger partial charge >= 0.3 is 0 Å². The van der Waals surface area contributed by atoms with Crippen molar-refractivity contribution < 1.29 is 13.6 Å². The molecule has 0 atom stereocenters. The molecule has 0 radical (unpaired) electrons. The predicted octanol–water partition coefficient (Wildman–Crippen LogP) is 2.55. The lowest BCUT2D eigenvalue weighted by Gasteiger charge is -2.10. The molecule has 0 aromatic heterocycles. The standard InChI is InChI=1S/C15H11F2N3O/c16-12-6-13(17)14(5-11(12)15(19)21)20-8-10-3-1-2-9(4-10)7-18/h1-6,20H,8H2,(H2,19,21). The van der Waals surface area contributed by atoms with E-state index in [1.165, 1.54) is 0 Å². The maximum absolute atomic E-state index is 13.6. The average Bonchev–Trinajstić information content (AvgIpc) is 2.46. The van der Waals surface area contributed by atoms with E-state index in [-0.39, 0.29) is 17.8 Å².